The number of hydrogen-bond donors (Lipinski definition) is 2. The molecule has 2 amide bonds. The molecule has 0 aromatic carbocycles. The lowest BCUT2D eigenvalue weighted by molar-refractivity contribution is 0.171. The van der Waals surface area contributed by atoms with E-state index in [1.807, 2.05) is 0 Å². The molecule has 1 aromatic rings. The van der Waals surface area contributed by atoms with Crippen LogP contribution in [0.3, 0.4) is 0 Å². The van der Waals surface area contributed by atoms with Crippen LogP contribution in [0.5, 0.6) is 0 Å². The number of nitrogens with one attached hydrogen (secondary N) is 2. The molecule has 0 saturated carbocycles. The number of carbonyl (C=O) groups is 1. The number of amides is 2. The first-order chi connectivity index (χ1) is 8.66. The van der Waals surface area contributed by atoms with Gasteiger partial charge in [0.25, 0.3) is 0 Å². The summed E-state index contributed by atoms with van der Waals surface area (Å²) in [4.78, 5) is 21.5. The number of hydrazine groups is 1. The van der Waals surface area contributed by atoms with Crippen molar-refractivity contribution < 1.29 is 4.79 Å². The van der Waals surface area contributed by atoms with E-state index in [0.29, 0.717) is 11.7 Å². The normalized spacial score (nSPS) is 19.4. The molecule has 1 unspecified atom stereocenters. The molecule has 0 spiro atoms. The fourth-order valence-electron chi connectivity index (χ4n) is 1.97. The predicted molar refractivity (Wildman–Crippen MR) is 69.2 cm³/mol. The SMILES string of the molecule is CC1CCCN(C(=O)NNc2nccnc2Cl)C1. The van der Waals surface area contributed by atoms with Crippen molar-refractivity contribution in [2.45, 2.75) is 19.8 Å². The third-order valence-electron chi connectivity index (χ3n) is 2.89. The summed E-state index contributed by atoms with van der Waals surface area (Å²) in [6, 6.07) is -0.164. The fraction of sp³-hybridized carbons (Fsp3) is 0.545. The zero-order valence-corrected chi connectivity index (χ0v) is 10.9. The molecule has 2 heterocycles. The highest BCUT2D eigenvalue weighted by molar-refractivity contribution is 6.31. The number of halogens is 1. The molecule has 1 aliphatic heterocycles. The molecular weight excluding hydrogens is 254 g/mol. The highest BCUT2D eigenvalue weighted by atomic mass is 35.5. The van der Waals surface area contributed by atoms with Crippen molar-refractivity contribution >= 4 is 23.4 Å². The lowest BCUT2D eigenvalue weighted by atomic mass is 10.0. The van der Waals surface area contributed by atoms with E-state index in [0.717, 1.165) is 19.5 Å². The summed E-state index contributed by atoms with van der Waals surface area (Å²) >= 11 is 5.82. The molecular formula is C11H16ClN5O. The summed E-state index contributed by atoms with van der Waals surface area (Å²) in [5.41, 5.74) is 5.26. The maximum atomic E-state index is 11.9. The molecule has 1 fully saturated rings. The minimum Gasteiger partial charge on any atom is -0.323 e. The standard InChI is InChI=1S/C11H16ClN5O/c1-8-3-2-6-17(7-8)11(18)16-15-10-9(12)13-4-5-14-10/h4-5,8H,2-3,6-7H2,1H3,(H,14,15)(H,16,18). The van der Waals surface area contributed by atoms with E-state index in [1.54, 1.807) is 4.90 Å². The van der Waals surface area contributed by atoms with Crippen LogP contribution in [0.25, 0.3) is 0 Å². The van der Waals surface area contributed by atoms with Crippen LogP contribution in [-0.4, -0.2) is 34.0 Å². The number of nitrogens with zero attached hydrogens (tertiary/aromatic N) is 3. The maximum absolute atomic E-state index is 11.9. The van der Waals surface area contributed by atoms with Crippen molar-refractivity contribution in [2.24, 2.45) is 5.92 Å². The molecule has 6 nitrogen and oxygen atoms in total. The van der Waals surface area contributed by atoms with E-state index in [-0.39, 0.29) is 11.2 Å². The molecule has 1 atom stereocenters. The number of aromatic nitrogens is 2. The Balaban J connectivity index is 1.86. The minimum absolute atomic E-state index is 0.164. The van der Waals surface area contributed by atoms with Crippen molar-refractivity contribution in [1.29, 1.82) is 0 Å². The van der Waals surface area contributed by atoms with Crippen LogP contribution in [0.1, 0.15) is 19.8 Å². The quantitative estimate of drug-likeness (QED) is 0.805. The van der Waals surface area contributed by atoms with Crippen LogP contribution in [0, 0.1) is 5.92 Å². The Morgan fingerprint density at radius 2 is 2.28 bits per heavy atom. The van der Waals surface area contributed by atoms with Gasteiger partial charge < -0.3 is 4.90 Å². The van der Waals surface area contributed by atoms with Crippen molar-refractivity contribution in [3.63, 3.8) is 0 Å². The first-order valence-corrected chi connectivity index (χ1v) is 6.32. The summed E-state index contributed by atoms with van der Waals surface area (Å²) in [5, 5.41) is 0.227. The highest BCUT2D eigenvalue weighted by Crippen LogP contribution is 2.16. The van der Waals surface area contributed by atoms with E-state index in [4.69, 9.17) is 11.6 Å². The number of rotatable bonds is 2. The monoisotopic (exact) mass is 269 g/mol. The van der Waals surface area contributed by atoms with E-state index in [9.17, 15) is 4.79 Å². The Labute approximate surface area is 111 Å². The van der Waals surface area contributed by atoms with Crippen LogP contribution >= 0.6 is 11.6 Å². The molecule has 2 N–H and O–H groups in total. The zero-order chi connectivity index (χ0) is 13.0. The Morgan fingerprint density at radius 1 is 1.50 bits per heavy atom. The Bertz CT molecular complexity index is 428. The summed E-state index contributed by atoms with van der Waals surface area (Å²) in [6.07, 6.45) is 5.21. The summed E-state index contributed by atoms with van der Waals surface area (Å²) in [7, 11) is 0. The molecule has 1 aromatic heterocycles. The third-order valence-corrected chi connectivity index (χ3v) is 3.16. The molecule has 98 valence electrons. The van der Waals surface area contributed by atoms with Crippen LogP contribution < -0.4 is 10.9 Å². The van der Waals surface area contributed by atoms with E-state index >= 15 is 0 Å². The van der Waals surface area contributed by atoms with Crippen LogP contribution in [-0.2, 0) is 0 Å². The maximum Gasteiger partial charge on any atom is 0.336 e. The number of piperidine rings is 1. The molecule has 1 aliphatic rings. The van der Waals surface area contributed by atoms with Crippen LogP contribution in [0.4, 0.5) is 10.6 Å². The lowest BCUT2D eigenvalue weighted by Gasteiger charge is -2.30. The van der Waals surface area contributed by atoms with Gasteiger partial charge in [0.2, 0.25) is 0 Å². The van der Waals surface area contributed by atoms with Gasteiger partial charge >= 0.3 is 6.03 Å². The second-order valence-electron chi connectivity index (χ2n) is 4.44. The van der Waals surface area contributed by atoms with E-state index < -0.39 is 0 Å². The smallest absolute Gasteiger partial charge is 0.323 e. The largest absolute Gasteiger partial charge is 0.336 e. The number of carbonyl (C=O) groups excluding carboxylic acids is 1. The van der Waals surface area contributed by atoms with Gasteiger partial charge in [0.15, 0.2) is 11.0 Å². The number of anilines is 1. The van der Waals surface area contributed by atoms with Crippen molar-refractivity contribution in [3.8, 4) is 0 Å². The second kappa shape index (κ2) is 5.86. The first-order valence-electron chi connectivity index (χ1n) is 5.94. The van der Waals surface area contributed by atoms with Gasteiger partial charge in [0, 0.05) is 25.5 Å². The van der Waals surface area contributed by atoms with Gasteiger partial charge in [-0.05, 0) is 18.8 Å². The second-order valence-corrected chi connectivity index (χ2v) is 4.80. The van der Waals surface area contributed by atoms with Crippen molar-refractivity contribution in [1.82, 2.24) is 20.3 Å². The number of hydrogen-bond acceptors (Lipinski definition) is 4. The molecule has 1 saturated heterocycles. The van der Waals surface area contributed by atoms with Gasteiger partial charge in [-0.2, -0.15) is 0 Å². The molecule has 7 heteroatoms. The Hall–Kier alpha value is -1.56. The topological polar surface area (TPSA) is 70.2 Å². The zero-order valence-electron chi connectivity index (χ0n) is 10.2. The van der Waals surface area contributed by atoms with Gasteiger partial charge in [-0.15, -0.1) is 0 Å². The Morgan fingerprint density at radius 3 is 3.00 bits per heavy atom. The molecule has 0 aliphatic carbocycles. The van der Waals surface area contributed by atoms with Gasteiger partial charge in [-0.25, -0.2) is 14.8 Å². The molecule has 0 radical (unpaired) electrons. The van der Waals surface area contributed by atoms with E-state index in [2.05, 4.69) is 27.7 Å². The van der Waals surface area contributed by atoms with Crippen molar-refractivity contribution in [3.05, 3.63) is 17.5 Å². The van der Waals surface area contributed by atoms with Gasteiger partial charge in [0.05, 0.1) is 0 Å². The lowest BCUT2D eigenvalue weighted by Crippen LogP contribution is -2.46. The third kappa shape index (κ3) is 3.22. The van der Waals surface area contributed by atoms with Crippen molar-refractivity contribution in [2.75, 3.05) is 18.5 Å². The summed E-state index contributed by atoms with van der Waals surface area (Å²) < 4.78 is 0. The van der Waals surface area contributed by atoms with Gasteiger partial charge in [-0.1, -0.05) is 18.5 Å². The van der Waals surface area contributed by atoms with Crippen LogP contribution in [0.15, 0.2) is 12.4 Å². The fourth-order valence-corrected chi connectivity index (χ4v) is 2.12. The predicted octanol–water partition coefficient (Wildman–Crippen LogP) is 1.90. The number of urea groups is 1. The van der Waals surface area contributed by atoms with Gasteiger partial charge in [-0.3, -0.25) is 10.9 Å². The first kappa shape index (κ1) is 12.9. The average molecular weight is 270 g/mol. The summed E-state index contributed by atoms with van der Waals surface area (Å²) in [5.74, 6) is 0.891. The van der Waals surface area contributed by atoms with Crippen LogP contribution in [0.2, 0.25) is 5.15 Å². The van der Waals surface area contributed by atoms with E-state index in [1.165, 1.54) is 18.8 Å². The molecule has 2 rings (SSSR count). The summed E-state index contributed by atoms with van der Waals surface area (Å²) in [6.45, 7) is 3.71. The molecule has 0 bridgehead atoms. The minimum atomic E-state index is -0.164. The molecule has 18 heavy (non-hydrogen) atoms. The Kier molecular flexibility index (Phi) is 4.19. The average Bonchev–Trinajstić information content (AvgIpc) is 2.37. The van der Waals surface area contributed by atoms with Gasteiger partial charge in [0.1, 0.15) is 0 Å². The highest BCUT2D eigenvalue weighted by Gasteiger charge is 2.20. The number of likely N-dealkylation sites (tertiary alicyclic amines) is 1.